The van der Waals surface area contributed by atoms with Crippen molar-refractivity contribution < 1.29 is 13.2 Å². The number of aliphatic imine (C=N–C) groups is 1. The van der Waals surface area contributed by atoms with Gasteiger partial charge >= 0.3 is 6.18 Å². The molecule has 1 aromatic carbocycles. The van der Waals surface area contributed by atoms with Crippen LogP contribution in [0.15, 0.2) is 28.1 Å². The van der Waals surface area contributed by atoms with Crippen molar-refractivity contribution in [2.75, 3.05) is 5.75 Å². The number of hydrogen-bond acceptors (Lipinski definition) is 2. The minimum Gasteiger partial charge on any atom is -0.263 e. The van der Waals surface area contributed by atoms with Gasteiger partial charge in [-0.25, -0.2) is 0 Å². The van der Waals surface area contributed by atoms with E-state index in [1.807, 2.05) is 20.8 Å². The molecule has 5 heteroatoms. The number of rotatable bonds is 3. The molecule has 0 spiro atoms. The molecule has 0 fully saturated rings. The summed E-state index contributed by atoms with van der Waals surface area (Å²) in [7, 11) is 0. The minimum absolute atomic E-state index is 0.0724. The first-order valence-corrected chi connectivity index (χ1v) is 6.29. The topological polar surface area (TPSA) is 12.4 Å². The van der Waals surface area contributed by atoms with Gasteiger partial charge in [0.2, 0.25) is 0 Å². The van der Waals surface area contributed by atoms with E-state index in [0.29, 0.717) is 10.6 Å². The summed E-state index contributed by atoms with van der Waals surface area (Å²) in [5.74, 6) is 0.698. The third-order valence-corrected chi connectivity index (χ3v) is 2.69. The normalized spacial score (nSPS) is 10.5. The van der Waals surface area contributed by atoms with E-state index >= 15 is 0 Å². The number of thioether (sulfide) groups is 1. The highest BCUT2D eigenvalue weighted by molar-refractivity contribution is 7.99. The van der Waals surface area contributed by atoms with Crippen molar-refractivity contribution in [3.63, 3.8) is 0 Å². The molecule has 1 rings (SSSR count). The summed E-state index contributed by atoms with van der Waals surface area (Å²) in [6.07, 6.45) is -4.37. The summed E-state index contributed by atoms with van der Waals surface area (Å²) in [5.41, 5.74) is -0.798. The van der Waals surface area contributed by atoms with E-state index in [1.54, 1.807) is 6.07 Å². The summed E-state index contributed by atoms with van der Waals surface area (Å²) in [4.78, 5) is 3.98. The first kappa shape index (κ1) is 16.0. The van der Waals surface area contributed by atoms with Crippen molar-refractivity contribution in [2.24, 2.45) is 4.99 Å². The fourth-order valence-corrected chi connectivity index (χ4v) is 1.98. The van der Waals surface area contributed by atoms with E-state index in [-0.39, 0.29) is 5.69 Å². The molecule has 0 unspecified atom stereocenters. The molecule has 0 bridgehead atoms. The predicted octanol–water partition coefficient (Wildman–Crippen LogP) is 5.18. The molecule has 0 heterocycles. The lowest BCUT2D eigenvalue weighted by Gasteiger charge is -2.12. The Hall–Kier alpha value is -0.970. The van der Waals surface area contributed by atoms with Crippen LogP contribution in [0.2, 0.25) is 0 Å². The Morgan fingerprint density at radius 2 is 1.88 bits per heavy atom. The number of nitrogens with zero attached hydrogens (tertiary/aromatic N) is 1. The molecule has 1 nitrogen and oxygen atoms in total. The van der Waals surface area contributed by atoms with Gasteiger partial charge in [0.25, 0.3) is 0 Å². The molecule has 0 atom stereocenters. The van der Waals surface area contributed by atoms with Crippen molar-refractivity contribution in [1.29, 1.82) is 0 Å². The van der Waals surface area contributed by atoms with Crippen molar-refractivity contribution in [1.82, 2.24) is 0 Å². The van der Waals surface area contributed by atoms with E-state index in [4.69, 9.17) is 0 Å². The average Bonchev–Trinajstić information content (AvgIpc) is 2.30. The molecule has 0 amide bonds. The number of para-hydroxylation sites is 1. The molecule has 0 aliphatic carbocycles. The van der Waals surface area contributed by atoms with Crippen molar-refractivity contribution >= 4 is 24.2 Å². The second-order valence-corrected chi connectivity index (χ2v) is 4.05. The Morgan fingerprint density at radius 1 is 1.29 bits per heavy atom. The Morgan fingerprint density at radius 3 is 2.29 bits per heavy atom. The Balaban J connectivity index is 0.00000121. The van der Waals surface area contributed by atoms with E-state index in [0.717, 1.165) is 6.07 Å². The standard InChI is InChI=1S/C10H10F3NS.C2H6/c1-3-15-8-6-4-5-7(9(8)14-2)10(11,12)13;1-2/h4-6H,2-3H2,1H3;1-2H3. The summed E-state index contributed by atoms with van der Waals surface area (Å²) in [5, 5.41) is 0. The number of benzene rings is 1. The summed E-state index contributed by atoms with van der Waals surface area (Å²) >= 11 is 1.32. The summed E-state index contributed by atoms with van der Waals surface area (Å²) in [6.45, 7) is 9.06. The van der Waals surface area contributed by atoms with E-state index in [2.05, 4.69) is 11.7 Å². The van der Waals surface area contributed by atoms with Crippen LogP contribution in [0.25, 0.3) is 0 Å². The van der Waals surface area contributed by atoms with Gasteiger partial charge in [-0.15, -0.1) is 11.8 Å². The molecule has 0 saturated carbocycles. The molecule has 0 aliphatic rings. The van der Waals surface area contributed by atoms with Crippen LogP contribution >= 0.6 is 11.8 Å². The zero-order valence-electron chi connectivity index (χ0n) is 10.1. The lowest BCUT2D eigenvalue weighted by Crippen LogP contribution is -2.05. The van der Waals surface area contributed by atoms with Crippen LogP contribution in [0.5, 0.6) is 0 Å². The molecule has 0 aromatic heterocycles. The van der Waals surface area contributed by atoms with Crippen molar-refractivity contribution in [3.05, 3.63) is 23.8 Å². The van der Waals surface area contributed by atoms with Gasteiger partial charge < -0.3 is 0 Å². The molecular formula is C12H16F3NS. The maximum atomic E-state index is 12.6. The van der Waals surface area contributed by atoms with E-state index < -0.39 is 11.7 Å². The third kappa shape index (κ3) is 4.42. The molecule has 1 aromatic rings. The molecule has 0 aliphatic heterocycles. The first-order valence-electron chi connectivity index (χ1n) is 5.30. The van der Waals surface area contributed by atoms with Gasteiger partial charge in [-0.2, -0.15) is 13.2 Å². The molecule has 0 saturated heterocycles. The lowest BCUT2D eigenvalue weighted by molar-refractivity contribution is -0.137. The largest absolute Gasteiger partial charge is 0.418 e. The van der Waals surface area contributed by atoms with E-state index in [1.165, 1.54) is 17.8 Å². The van der Waals surface area contributed by atoms with Crippen LogP contribution in [0.4, 0.5) is 18.9 Å². The maximum Gasteiger partial charge on any atom is 0.418 e. The van der Waals surface area contributed by atoms with Gasteiger partial charge in [0, 0.05) is 4.90 Å². The smallest absolute Gasteiger partial charge is 0.263 e. The Bertz CT molecular complexity index is 361. The maximum absolute atomic E-state index is 12.6. The second kappa shape index (κ2) is 7.37. The highest BCUT2D eigenvalue weighted by atomic mass is 32.2. The highest BCUT2D eigenvalue weighted by Gasteiger charge is 2.34. The molecule has 96 valence electrons. The second-order valence-electron chi connectivity index (χ2n) is 2.74. The number of alkyl halides is 3. The zero-order valence-corrected chi connectivity index (χ0v) is 11.0. The molecule has 0 radical (unpaired) electrons. The molecule has 17 heavy (non-hydrogen) atoms. The van der Waals surface area contributed by atoms with Crippen molar-refractivity contribution in [3.8, 4) is 0 Å². The zero-order chi connectivity index (χ0) is 13.5. The van der Waals surface area contributed by atoms with Crippen LogP contribution in [-0.2, 0) is 6.18 Å². The van der Waals surface area contributed by atoms with Crippen LogP contribution < -0.4 is 0 Å². The summed E-state index contributed by atoms with van der Waals surface area (Å²) < 4.78 is 37.7. The van der Waals surface area contributed by atoms with E-state index in [9.17, 15) is 13.2 Å². The average molecular weight is 263 g/mol. The highest BCUT2D eigenvalue weighted by Crippen LogP contribution is 2.41. The van der Waals surface area contributed by atoms with Gasteiger partial charge in [-0.1, -0.05) is 26.8 Å². The third-order valence-electron chi connectivity index (χ3n) is 1.76. The van der Waals surface area contributed by atoms with Gasteiger partial charge in [-0.05, 0) is 24.6 Å². The fraction of sp³-hybridized carbons (Fsp3) is 0.417. The first-order chi connectivity index (χ1) is 8.00. The van der Waals surface area contributed by atoms with Crippen LogP contribution in [0.1, 0.15) is 26.3 Å². The quantitative estimate of drug-likeness (QED) is 0.541. The predicted molar refractivity (Wildman–Crippen MR) is 68.4 cm³/mol. The SMILES string of the molecule is C=Nc1c(SCC)cccc1C(F)(F)F.CC. The van der Waals surface area contributed by atoms with Gasteiger partial charge in [0.15, 0.2) is 0 Å². The lowest BCUT2D eigenvalue weighted by atomic mass is 10.2. The molecule has 0 N–H and O–H groups in total. The monoisotopic (exact) mass is 263 g/mol. The fourth-order valence-electron chi connectivity index (χ4n) is 1.19. The summed E-state index contributed by atoms with van der Waals surface area (Å²) in [6, 6.07) is 4.02. The minimum atomic E-state index is -4.37. The Labute approximate surface area is 104 Å². The number of hydrogen-bond donors (Lipinski definition) is 0. The van der Waals surface area contributed by atoms with Gasteiger partial charge in [-0.3, -0.25) is 4.99 Å². The van der Waals surface area contributed by atoms with Gasteiger partial charge in [0.1, 0.15) is 0 Å². The van der Waals surface area contributed by atoms with Crippen LogP contribution in [-0.4, -0.2) is 12.5 Å². The van der Waals surface area contributed by atoms with Crippen LogP contribution in [0, 0.1) is 0 Å². The Kier molecular flexibility index (Phi) is 6.95. The van der Waals surface area contributed by atoms with Crippen molar-refractivity contribution in [2.45, 2.75) is 31.8 Å². The molecular weight excluding hydrogens is 247 g/mol. The van der Waals surface area contributed by atoms with Crippen LogP contribution in [0.3, 0.4) is 0 Å². The van der Waals surface area contributed by atoms with Gasteiger partial charge in [0.05, 0.1) is 11.3 Å². The number of halogens is 3.